The second-order valence-electron chi connectivity index (χ2n) is 6.63. The summed E-state index contributed by atoms with van der Waals surface area (Å²) in [5, 5.41) is 0.465. The van der Waals surface area contributed by atoms with Crippen LogP contribution >= 0.6 is 0 Å². The SMILES string of the molecule is COCCN(Cc1nc2ccccc2c(=O)[nH]1)S(=O)(=O)c1ccc(C)cc1C. The molecule has 1 aromatic heterocycles. The van der Waals surface area contributed by atoms with Gasteiger partial charge in [-0.1, -0.05) is 29.8 Å². The Morgan fingerprint density at radius 1 is 1.14 bits per heavy atom. The summed E-state index contributed by atoms with van der Waals surface area (Å²) in [6.45, 7) is 3.99. The Balaban J connectivity index is 2.02. The molecule has 7 nitrogen and oxygen atoms in total. The van der Waals surface area contributed by atoms with Gasteiger partial charge in [0.15, 0.2) is 0 Å². The molecule has 0 aliphatic heterocycles. The van der Waals surface area contributed by atoms with E-state index < -0.39 is 10.0 Å². The largest absolute Gasteiger partial charge is 0.383 e. The van der Waals surface area contributed by atoms with Crippen molar-refractivity contribution in [2.24, 2.45) is 0 Å². The predicted octanol–water partition coefficient (Wildman–Crippen LogP) is 2.38. The van der Waals surface area contributed by atoms with Gasteiger partial charge >= 0.3 is 0 Å². The molecule has 0 unspecified atom stereocenters. The van der Waals surface area contributed by atoms with Crippen molar-refractivity contribution in [3.63, 3.8) is 0 Å². The van der Waals surface area contributed by atoms with E-state index in [1.54, 1.807) is 43.3 Å². The molecule has 0 saturated heterocycles. The maximum atomic E-state index is 13.3. The molecule has 1 heterocycles. The van der Waals surface area contributed by atoms with E-state index in [9.17, 15) is 13.2 Å². The van der Waals surface area contributed by atoms with Crippen LogP contribution in [0.2, 0.25) is 0 Å². The lowest BCUT2D eigenvalue weighted by molar-refractivity contribution is 0.176. The molecule has 3 aromatic rings. The van der Waals surface area contributed by atoms with Crippen LogP contribution in [0.25, 0.3) is 10.9 Å². The zero-order valence-corrected chi connectivity index (χ0v) is 16.9. The van der Waals surface area contributed by atoms with Crippen molar-refractivity contribution in [1.29, 1.82) is 0 Å². The van der Waals surface area contributed by atoms with E-state index in [1.165, 1.54) is 11.4 Å². The molecule has 0 aliphatic rings. The van der Waals surface area contributed by atoms with Gasteiger partial charge < -0.3 is 9.72 Å². The first-order valence-electron chi connectivity index (χ1n) is 8.87. The van der Waals surface area contributed by atoms with E-state index in [2.05, 4.69) is 9.97 Å². The molecular weight excluding hydrogens is 378 g/mol. The maximum Gasteiger partial charge on any atom is 0.258 e. The average Bonchev–Trinajstić information content (AvgIpc) is 2.64. The molecule has 2 aromatic carbocycles. The van der Waals surface area contributed by atoms with Crippen molar-refractivity contribution in [2.75, 3.05) is 20.3 Å². The zero-order valence-electron chi connectivity index (χ0n) is 16.1. The number of aryl methyl sites for hydroxylation is 2. The van der Waals surface area contributed by atoms with Crippen LogP contribution in [-0.2, 0) is 21.3 Å². The van der Waals surface area contributed by atoms with Gasteiger partial charge in [-0.05, 0) is 37.6 Å². The number of methoxy groups -OCH3 is 1. The Kier molecular flexibility index (Phi) is 5.93. The van der Waals surface area contributed by atoms with Gasteiger partial charge in [0.1, 0.15) is 5.82 Å². The molecule has 8 heteroatoms. The van der Waals surface area contributed by atoms with Gasteiger partial charge in [-0.15, -0.1) is 0 Å². The van der Waals surface area contributed by atoms with Crippen molar-refractivity contribution in [1.82, 2.24) is 14.3 Å². The highest BCUT2D eigenvalue weighted by molar-refractivity contribution is 7.89. The zero-order chi connectivity index (χ0) is 20.3. The number of hydrogen-bond acceptors (Lipinski definition) is 5. The van der Waals surface area contributed by atoms with Crippen LogP contribution in [0.1, 0.15) is 17.0 Å². The van der Waals surface area contributed by atoms with E-state index in [0.29, 0.717) is 16.5 Å². The lowest BCUT2D eigenvalue weighted by Gasteiger charge is -2.22. The number of nitrogens with one attached hydrogen (secondary N) is 1. The number of sulfonamides is 1. The molecule has 0 amide bonds. The number of benzene rings is 2. The van der Waals surface area contributed by atoms with Crippen LogP contribution in [0.4, 0.5) is 0 Å². The van der Waals surface area contributed by atoms with Gasteiger partial charge in [-0.2, -0.15) is 4.31 Å². The Morgan fingerprint density at radius 3 is 2.61 bits per heavy atom. The number of hydrogen-bond donors (Lipinski definition) is 1. The number of aromatic nitrogens is 2. The number of aromatic amines is 1. The van der Waals surface area contributed by atoms with Crippen LogP contribution in [0.15, 0.2) is 52.2 Å². The second kappa shape index (κ2) is 8.22. The Labute approximate surface area is 164 Å². The highest BCUT2D eigenvalue weighted by atomic mass is 32.2. The van der Waals surface area contributed by atoms with Crippen LogP contribution in [0, 0.1) is 13.8 Å². The smallest absolute Gasteiger partial charge is 0.258 e. The first kappa shape index (κ1) is 20.2. The first-order valence-corrected chi connectivity index (χ1v) is 10.3. The quantitative estimate of drug-likeness (QED) is 0.656. The van der Waals surface area contributed by atoms with Gasteiger partial charge in [-0.3, -0.25) is 4.79 Å². The van der Waals surface area contributed by atoms with Crippen molar-refractivity contribution < 1.29 is 13.2 Å². The standard InChI is InChI=1S/C20H23N3O4S/c1-14-8-9-18(15(2)12-14)28(25,26)23(10-11-27-3)13-19-21-17-7-5-4-6-16(17)20(24)22-19/h4-9,12H,10-11,13H2,1-3H3,(H,21,22,24). The molecular formula is C20H23N3O4S. The van der Waals surface area contributed by atoms with E-state index in [-0.39, 0.29) is 36.0 Å². The third kappa shape index (κ3) is 4.14. The van der Waals surface area contributed by atoms with Gasteiger partial charge in [-0.25, -0.2) is 13.4 Å². The van der Waals surface area contributed by atoms with Crippen LogP contribution in [0.5, 0.6) is 0 Å². The summed E-state index contributed by atoms with van der Waals surface area (Å²) in [4.78, 5) is 19.7. The summed E-state index contributed by atoms with van der Waals surface area (Å²) >= 11 is 0. The molecule has 0 spiro atoms. The fraction of sp³-hybridized carbons (Fsp3) is 0.300. The Morgan fingerprint density at radius 2 is 1.89 bits per heavy atom. The summed E-state index contributed by atoms with van der Waals surface area (Å²) in [7, 11) is -2.28. The molecule has 1 N–H and O–H groups in total. The average molecular weight is 401 g/mol. The van der Waals surface area contributed by atoms with Gasteiger partial charge in [0, 0.05) is 13.7 Å². The lowest BCUT2D eigenvalue weighted by atomic mass is 10.2. The summed E-state index contributed by atoms with van der Waals surface area (Å²) in [5.74, 6) is 0.285. The summed E-state index contributed by atoms with van der Waals surface area (Å²) in [6.07, 6.45) is 0. The minimum Gasteiger partial charge on any atom is -0.383 e. The topological polar surface area (TPSA) is 92.4 Å². The van der Waals surface area contributed by atoms with E-state index >= 15 is 0 Å². The molecule has 0 radical (unpaired) electrons. The van der Waals surface area contributed by atoms with E-state index in [1.807, 2.05) is 13.0 Å². The molecule has 0 bridgehead atoms. The highest BCUT2D eigenvalue weighted by Crippen LogP contribution is 2.22. The first-order chi connectivity index (χ1) is 13.3. The van der Waals surface area contributed by atoms with Crippen molar-refractivity contribution in [3.05, 3.63) is 69.8 Å². The lowest BCUT2D eigenvalue weighted by Crippen LogP contribution is -2.35. The number of para-hydroxylation sites is 1. The summed E-state index contributed by atoms with van der Waals surface area (Å²) in [5.41, 5.74) is 1.89. The molecule has 28 heavy (non-hydrogen) atoms. The monoisotopic (exact) mass is 401 g/mol. The Hall–Kier alpha value is -2.55. The number of ether oxygens (including phenoxy) is 1. The maximum absolute atomic E-state index is 13.3. The van der Waals surface area contributed by atoms with Crippen LogP contribution in [0.3, 0.4) is 0 Å². The molecule has 148 valence electrons. The predicted molar refractivity (Wildman–Crippen MR) is 108 cm³/mol. The minimum atomic E-state index is -3.79. The van der Waals surface area contributed by atoms with Crippen LogP contribution < -0.4 is 5.56 Å². The number of H-pyrrole nitrogens is 1. The number of rotatable bonds is 7. The summed E-state index contributed by atoms with van der Waals surface area (Å²) < 4.78 is 32.9. The summed E-state index contributed by atoms with van der Waals surface area (Å²) in [6, 6.07) is 12.2. The van der Waals surface area contributed by atoms with Gasteiger partial charge in [0.05, 0.1) is 29.0 Å². The molecule has 3 rings (SSSR count). The van der Waals surface area contributed by atoms with Gasteiger partial charge in [0.25, 0.3) is 5.56 Å². The van der Waals surface area contributed by atoms with Crippen molar-refractivity contribution in [2.45, 2.75) is 25.3 Å². The Bertz CT molecular complexity index is 1160. The number of nitrogens with zero attached hydrogens (tertiary/aromatic N) is 2. The molecule has 0 atom stereocenters. The number of fused-ring (bicyclic) bond motifs is 1. The molecule has 0 fully saturated rings. The molecule has 0 saturated carbocycles. The van der Waals surface area contributed by atoms with Crippen molar-refractivity contribution >= 4 is 20.9 Å². The van der Waals surface area contributed by atoms with E-state index in [0.717, 1.165) is 5.56 Å². The van der Waals surface area contributed by atoms with Crippen molar-refractivity contribution in [3.8, 4) is 0 Å². The molecule has 0 aliphatic carbocycles. The van der Waals surface area contributed by atoms with E-state index in [4.69, 9.17) is 4.74 Å². The van der Waals surface area contributed by atoms with Gasteiger partial charge in [0.2, 0.25) is 10.0 Å². The minimum absolute atomic E-state index is 0.0565. The fourth-order valence-electron chi connectivity index (χ4n) is 3.08. The second-order valence-corrected chi connectivity index (χ2v) is 8.54. The highest BCUT2D eigenvalue weighted by Gasteiger charge is 2.27. The normalized spacial score (nSPS) is 12.0. The fourth-order valence-corrected chi connectivity index (χ4v) is 4.67. The third-order valence-corrected chi connectivity index (χ3v) is 6.49. The van der Waals surface area contributed by atoms with Crippen LogP contribution in [-0.4, -0.2) is 43.0 Å². The third-order valence-electron chi connectivity index (χ3n) is 4.48.